The topological polar surface area (TPSA) is 98.3 Å². The van der Waals surface area contributed by atoms with E-state index >= 15 is 0 Å². The molecule has 0 saturated carbocycles. The molecule has 1 amide bonds. The predicted molar refractivity (Wildman–Crippen MR) is 162 cm³/mol. The number of carbonyl (C=O) groups is 2. The molecule has 46 heavy (non-hydrogen) atoms. The zero-order valence-corrected chi connectivity index (χ0v) is 24.4. The molecule has 9 nitrogen and oxygen atoms in total. The van der Waals surface area contributed by atoms with Gasteiger partial charge in [-0.1, -0.05) is 0 Å². The second-order valence-electron chi connectivity index (χ2n) is 11.1. The van der Waals surface area contributed by atoms with Gasteiger partial charge in [-0.3, -0.25) is 9.59 Å². The number of fused-ring (bicyclic) bond motifs is 1. The third-order valence-corrected chi connectivity index (χ3v) is 8.15. The Morgan fingerprint density at radius 3 is 2.26 bits per heavy atom. The number of imidazole rings is 2. The lowest BCUT2D eigenvalue weighted by Gasteiger charge is -2.33. The van der Waals surface area contributed by atoms with E-state index in [1.807, 2.05) is 10.6 Å². The van der Waals surface area contributed by atoms with E-state index in [1.54, 1.807) is 40.1 Å². The van der Waals surface area contributed by atoms with Gasteiger partial charge >= 0.3 is 0 Å². The van der Waals surface area contributed by atoms with Gasteiger partial charge in [0.25, 0.3) is 5.91 Å². The van der Waals surface area contributed by atoms with Crippen LogP contribution in [0.15, 0.2) is 91.5 Å². The minimum atomic E-state index is -0.731. The quantitative estimate of drug-likeness (QED) is 0.161. The zero-order chi connectivity index (χ0) is 31.8. The summed E-state index contributed by atoms with van der Waals surface area (Å²) >= 11 is 0. The van der Waals surface area contributed by atoms with Gasteiger partial charge in [-0.2, -0.15) is 9.49 Å². The molecule has 4 aromatic heterocycles. The minimum Gasteiger partial charge on any atom is -0.338 e. The van der Waals surface area contributed by atoms with E-state index in [9.17, 15) is 22.8 Å². The molecule has 1 fully saturated rings. The summed E-state index contributed by atoms with van der Waals surface area (Å²) in [6.07, 6.45) is 5.90. The summed E-state index contributed by atoms with van der Waals surface area (Å²) < 4.78 is 44.4. The van der Waals surface area contributed by atoms with Crippen molar-refractivity contribution in [3.05, 3.63) is 126 Å². The summed E-state index contributed by atoms with van der Waals surface area (Å²) in [5.41, 5.74) is 4.27. The maximum Gasteiger partial charge on any atom is 0.253 e. The summed E-state index contributed by atoms with van der Waals surface area (Å²) in [5.74, 6) is -1.94. The van der Waals surface area contributed by atoms with Gasteiger partial charge in [-0.05, 0) is 79.6 Å². The van der Waals surface area contributed by atoms with Crippen molar-refractivity contribution in [1.82, 2.24) is 34.0 Å². The monoisotopic (exact) mass is 621 g/mol. The first-order valence-electron chi connectivity index (χ1n) is 14.7. The molecule has 0 N–H and O–H groups in total. The van der Waals surface area contributed by atoms with E-state index in [0.29, 0.717) is 59.8 Å². The van der Waals surface area contributed by atoms with Gasteiger partial charge in [0, 0.05) is 48.1 Å². The number of piperidine rings is 1. The van der Waals surface area contributed by atoms with Crippen molar-refractivity contribution in [1.29, 1.82) is 0 Å². The third kappa shape index (κ3) is 5.76. The number of benzene rings is 2. The molecule has 6 aromatic rings. The number of hydrogen-bond acceptors (Lipinski definition) is 6. The van der Waals surface area contributed by atoms with Gasteiger partial charge in [0.05, 0.1) is 36.0 Å². The average Bonchev–Trinajstić information content (AvgIpc) is 3.69. The number of rotatable bonds is 7. The maximum absolute atomic E-state index is 13.8. The standard InChI is InChI=1S/C34H26F3N7O2/c35-24-5-1-21(2-6-24)32-33(43(20-39-32)27-12-15-42(16-13-27)34(46)22-3-7-25(36)8-4-22)28-9-10-31-40-26(19-44(31)41-28)18-29(45)23-11-14-38-30(37)17-23/h1-11,14,17,19-20,27H,12-13,15-16,18H2. The Bertz CT molecular complexity index is 2070. The Morgan fingerprint density at radius 2 is 1.54 bits per heavy atom. The largest absolute Gasteiger partial charge is 0.338 e. The van der Waals surface area contributed by atoms with Crippen LogP contribution in [0.4, 0.5) is 13.2 Å². The van der Waals surface area contributed by atoms with Crippen molar-refractivity contribution in [2.24, 2.45) is 0 Å². The number of halogens is 3. The molecule has 0 atom stereocenters. The van der Waals surface area contributed by atoms with E-state index in [0.717, 1.165) is 11.8 Å². The second kappa shape index (κ2) is 12.0. The first-order chi connectivity index (χ1) is 22.3. The number of likely N-dealkylation sites (tertiary alicyclic amines) is 1. The van der Waals surface area contributed by atoms with Gasteiger partial charge in [-0.15, -0.1) is 0 Å². The van der Waals surface area contributed by atoms with E-state index in [2.05, 4.69) is 9.97 Å². The van der Waals surface area contributed by atoms with Crippen LogP contribution in [-0.2, 0) is 6.42 Å². The Labute approximate surface area is 261 Å². The van der Waals surface area contributed by atoms with Crippen LogP contribution in [0.5, 0.6) is 0 Å². The highest BCUT2D eigenvalue weighted by Gasteiger charge is 2.28. The van der Waals surface area contributed by atoms with Gasteiger partial charge < -0.3 is 9.47 Å². The zero-order valence-electron chi connectivity index (χ0n) is 24.4. The molecule has 1 aliphatic heterocycles. The number of amides is 1. The Kier molecular flexibility index (Phi) is 7.61. The number of nitrogens with zero attached hydrogens (tertiary/aromatic N) is 7. The molecule has 230 valence electrons. The number of carbonyl (C=O) groups excluding carboxylic acids is 2. The minimum absolute atomic E-state index is 0.0109. The van der Waals surface area contributed by atoms with Crippen molar-refractivity contribution in [2.45, 2.75) is 25.3 Å². The van der Waals surface area contributed by atoms with Gasteiger partial charge in [0.15, 0.2) is 11.4 Å². The highest BCUT2D eigenvalue weighted by Crippen LogP contribution is 2.35. The summed E-state index contributed by atoms with van der Waals surface area (Å²) in [6, 6.07) is 17.8. The molecular weight excluding hydrogens is 595 g/mol. The molecular formula is C34H26F3N7O2. The van der Waals surface area contributed by atoms with Crippen LogP contribution in [0.1, 0.15) is 45.3 Å². The normalized spacial score (nSPS) is 13.8. The first kappa shape index (κ1) is 29.1. The lowest BCUT2D eigenvalue weighted by atomic mass is 10.0. The lowest BCUT2D eigenvalue weighted by Crippen LogP contribution is -2.39. The molecule has 12 heteroatoms. The fourth-order valence-electron chi connectivity index (χ4n) is 5.82. The van der Waals surface area contributed by atoms with Crippen LogP contribution >= 0.6 is 0 Å². The van der Waals surface area contributed by atoms with Crippen LogP contribution < -0.4 is 0 Å². The summed E-state index contributed by atoms with van der Waals surface area (Å²) in [4.78, 5) is 40.3. The number of Topliss-reactive ketones (excluding diaryl/α,β-unsaturated/α-hetero) is 1. The number of ketones is 1. The van der Waals surface area contributed by atoms with Crippen molar-refractivity contribution in [2.75, 3.05) is 13.1 Å². The molecule has 0 radical (unpaired) electrons. The lowest BCUT2D eigenvalue weighted by molar-refractivity contribution is 0.0695. The van der Waals surface area contributed by atoms with Crippen LogP contribution in [0, 0.1) is 17.6 Å². The van der Waals surface area contributed by atoms with Crippen molar-refractivity contribution in [3.8, 4) is 22.6 Å². The SMILES string of the molecule is O=C(Cc1cn2nc(-c3c(-c4ccc(F)cc4)ncn3C3CCN(C(=O)c4ccc(F)cc4)CC3)ccc2n1)c1ccnc(F)c1. The van der Waals surface area contributed by atoms with E-state index in [-0.39, 0.29) is 35.5 Å². The van der Waals surface area contributed by atoms with Crippen LogP contribution in [0.25, 0.3) is 28.3 Å². The van der Waals surface area contributed by atoms with Crippen LogP contribution in [0.2, 0.25) is 0 Å². The van der Waals surface area contributed by atoms with Crippen molar-refractivity contribution >= 4 is 17.3 Å². The smallest absolute Gasteiger partial charge is 0.253 e. The molecule has 0 aliphatic carbocycles. The summed E-state index contributed by atoms with van der Waals surface area (Å²) in [6.45, 7) is 0.994. The summed E-state index contributed by atoms with van der Waals surface area (Å²) in [7, 11) is 0. The van der Waals surface area contributed by atoms with E-state index in [4.69, 9.17) is 10.1 Å². The molecule has 1 aliphatic rings. The highest BCUT2D eigenvalue weighted by atomic mass is 19.1. The Morgan fingerprint density at radius 1 is 0.826 bits per heavy atom. The molecule has 2 aromatic carbocycles. The molecule has 7 rings (SSSR count). The molecule has 1 saturated heterocycles. The maximum atomic E-state index is 13.8. The average molecular weight is 622 g/mol. The van der Waals surface area contributed by atoms with Crippen molar-refractivity contribution in [3.63, 3.8) is 0 Å². The van der Waals surface area contributed by atoms with Gasteiger partial charge in [0.1, 0.15) is 17.3 Å². The van der Waals surface area contributed by atoms with E-state index in [1.165, 1.54) is 48.7 Å². The van der Waals surface area contributed by atoms with Crippen LogP contribution in [0.3, 0.4) is 0 Å². The van der Waals surface area contributed by atoms with Gasteiger partial charge in [-0.25, -0.2) is 28.2 Å². The second-order valence-corrected chi connectivity index (χ2v) is 11.1. The fraction of sp³-hybridized carbons (Fsp3) is 0.176. The number of aromatic nitrogens is 6. The first-order valence-corrected chi connectivity index (χ1v) is 14.7. The molecule has 0 bridgehead atoms. The Balaban J connectivity index is 1.19. The third-order valence-electron chi connectivity index (χ3n) is 8.15. The number of pyridine rings is 1. The van der Waals surface area contributed by atoms with E-state index < -0.39 is 11.8 Å². The Hall–Kier alpha value is -5.65. The predicted octanol–water partition coefficient (Wildman–Crippen LogP) is 5.97. The molecule has 5 heterocycles. The highest BCUT2D eigenvalue weighted by molar-refractivity contribution is 5.97. The molecule has 0 spiro atoms. The fourth-order valence-corrected chi connectivity index (χ4v) is 5.82. The molecule has 0 unspecified atom stereocenters. The van der Waals surface area contributed by atoms with Gasteiger partial charge in [0.2, 0.25) is 5.95 Å². The number of hydrogen-bond donors (Lipinski definition) is 0. The van der Waals surface area contributed by atoms with Crippen LogP contribution in [-0.4, -0.2) is 58.8 Å². The summed E-state index contributed by atoms with van der Waals surface area (Å²) in [5, 5.41) is 4.82. The van der Waals surface area contributed by atoms with Crippen molar-refractivity contribution < 1.29 is 22.8 Å².